The normalized spacial score (nSPS) is 16.5. The Kier molecular flexibility index (Phi) is 5.10. The second-order valence-electron chi connectivity index (χ2n) is 5.65. The van der Waals surface area contributed by atoms with E-state index in [1.807, 2.05) is 0 Å². The van der Waals surface area contributed by atoms with Gasteiger partial charge in [-0.15, -0.1) is 0 Å². The molecule has 1 aromatic carbocycles. The van der Waals surface area contributed by atoms with Gasteiger partial charge in [0.1, 0.15) is 4.88 Å². The average molecular weight is 422 g/mol. The lowest BCUT2D eigenvalue weighted by molar-refractivity contribution is -0.385. The minimum absolute atomic E-state index is 0.0337. The summed E-state index contributed by atoms with van der Waals surface area (Å²) < 4.78 is 64.5. The zero-order valence-electron chi connectivity index (χ0n) is 13.6. The number of nitrogens with zero attached hydrogens (tertiary/aromatic N) is 4. The first kappa shape index (κ1) is 19.5. The van der Waals surface area contributed by atoms with Gasteiger partial charge in [0.2, 0.25) is 10.0 Å². The molecule has 1 aliphatic rings. The Hall–Kier alpha value is -2.25. The highest BCUT2D eigenvalue weighted by molar-refractivity contribution is 7.89. The summed E-state index contributed by atoms with van der Waals surface area (Å²) in [6.45, 7) is 0.399. The molecule has 2 heterocycles. The number of nitro benzene ring substituents is 1. The number of halogens is 3. The van der Waals surface area contributed by atoms with E-state index in [0.717, 1.165) is 16.6 Å². The third-order valence-corrected chi connectivity index (χ3v) is 6.95. The summed E-state index contributed by atoms with van der Waals surface area (Å²) in [5.74, 6) is 0. The molecule has 8 nitrogen and oxygen atoms in total. The van der Waals surface area contributed by atoms with Gasteiger partial charge in [-0.05, 0) is 6.07 Å². The van der Waals surface area contributed by atoms with Crippen molar-refractivity contribution in [2.24, 2.45) is 0 Å². The summed E-state index contributed by atoms with van der Waals surface area (Å²) in [6, 6.07) is 4.73. The van der Waals surface area contributed by atoms with E-state index in [9.17, 15) is 31.7 Å². The van der Waals surface area contributed by atoms with E-state index in [2.05, 4.69) is 4.98 Å². The van der Waals surface area contributed by atoms with Crippen LogP contribution in [-0.4, -0.2) is 48.8 Å². The molecule has 0 atom stereocenters. The molecule has 0 amide bonds. The molecule has 1 aliphatic heterocycles. The number of alkyl halides is 3. The van der Waals surface area contributed by atoms with E-state index in [4.69, 9.17) is 0 Å². The number of benzene rings is 1. The number of non-ortho nitro benzene ring substituents is 1. The Bertz CT molecular complexity index is 953. The number of nitro groups is 1. The molecule has 3 rings (SSSR count). The van der Waals surface area contributed by atoms with Gasteiger partial charge in [0, 0.05) is 38.3 Å². The summed E-state index contributed by atoms with van der Waals surface area (Å²) >= 11 is 0.503. The van der Waals surface area contributed by atoms with Crippen LogP contribution < -0.4 is 4.90 Å². The summed E-state index contributed by atoms with van der Waals surface area (Å²) in [7, 11) is -3.94. The van der Waals surface area contributed by atoms with Crippen molar-refractivity contribution in [3.8, 4) is 0 Å². The minimum Gasteiger partial charge on any atom is -0.345 e. The van der Waals surface area contributed by atoms with Crippen LogP contribution in [0.3, 0.4) is 0 Å². The SMILES string of the molecule is O=[N+]([O-])c1cccc(S(=O)(=O)N2CCN(c3ncc(C(F)(F)F)s3)CC2)c1. The van der Waals surface area contributed by atoms with Gasteiger partial charge in [-0.1, -0.05) is 17.4 Å². The second-order valence-corrected chi connectivity index (χ2v) is 8.60. The van der Waals surface area contributed by atoms with Gasteiger partial charge >= 0.3 is 6.18 Å². The van der Waals surface area contributed by atoms with Crippen LogP contribution in [0.2, 0.25) is 0 Å². The molecule has 27 heavy (non-hydrogen) atoms. The maximum absolute atomic E-state index is 12.7. The molecule has 0 unspecified atom stereocenters. The topological polar surface area (TPSA) is 96.6 Å². The number of anilines is 1. The van der Waals surface area contributed by atoms with Crippen LogP contribution in [0.5, 0.6) is 0 Å². The van der Waals surface area contributed by atoms with E-state index < -0.39 is 26.0 Å². The number of hydrogen-bond acceptors (Lipinski definition) is 7. The maximum Gasteiger partial charge on any atom is 0.427 e. The highest BCUT2D eigenvalue weighted by atomic mass is 32.2. The number of aromatic nitrogens is 1. The zero-order valence-corrected chi connectivity index (χ0v) is 15.2. The largest absolute Gasteiger partial charge is 0.427 e. The molecule has 13 heteroatoms. The predicted molar refractivity (Wildman–Crippen MR) is 91.2 cm³/mol. The first-order valence-corrected chi connectivity index (χ1v) is 9.87. The van der Waals surface area contributed by atoms with E-state index in [1.165, 1.54) is 18.2 Å². The van der Waals surface area contributed by atoms with Crippen LogP contribution in [0, 0.1) is 10.1 Å². The Morgan fingerprint density at radius 3 is 2.41 bits per heavy atom. The molecule has 0 spiro atoms. The quantitative estimate of drug-likeness (QED) is 0.555. The van der Waals surface area contributed by atoms with Crippen molar-refractivity contribution in [3.05, 3.63) is 45.5 Å². The maximum atomic E-state index is 12.7. The summed E-state index contributed by atoms with van der Waals surface area (Å²) in [5, 5.41) is 11.0. The van der Waals surface area contributed by atoms with Crippen molar-refractivity contribution in [3.63, 3.8) is 0 Å². The third kappa shape index (κ3) is 4.04. The molecule has 1 aromatic heterocycles. The van der Waals surface area contributed by atoms with Gasteiger partial charge in [-0.2, -0.15) is 17.5 Å². The van der Waals surface area contributed by atoms with Gasteiger partial charge in [-0.25, -0.2) is 13.4 Å². The molecule has 1 fully saturated rings. The zero-order chi connectivity index (χ0) is 19.8. The van der Waals surface area contributed by atoms with Gasteiger partial charge in [0.15, 0.2) is 5.13 Å². The molecular weight excluding hydrogens is 409 g/mol. The fourth-order valence-electron chi connectivity index (χ4n) is 2.57. The third-order valence-electron chi connectivity index (χ3n) is 3.95. The smallest absolute Gasteiger partial charge is 0.345 e. The number of rotatable bonds is 4. The van der Waals surface area contributed by atoms with Crippen molar-refractivity contribution in [1.82, 2.24) is 9.29 Å². The highest BCUT2D eigenvalue weighted by Gasteiger charge is 2.35. The summed E-state index contributed by atoms with van der Waals surface area (Å²) in [6.07, 6.45) is -3.71. The van der Waals surface area contributed by atoms with E-state index in [1.54, 1.807) is 4.90 Å². The molecule has 146 valence electrons. The first-order valence-electron chi connectivity index (χ1n) is 7.61. The lowest BCUT2D eigenvalue weighted by atomic mass is 10.3. The van der Waals surface area contributed by atoms with E-state index in [-0.39, 0.29) is 41.9 Å². The van der Waals surface area contributed by atoms with Crippen molar-refractivity contribution in [2.45, 2.75) is 11.1 Å². The first-order chi connectivity index (χ1) is 12.6. The monoisotopic (exact) mass is 422 g/mol. The number of piperazine rings is 1. The number of thiazole rings is 1. The second kappa shape index (κ2) is 7.05. The van der Waals surface area contributed by atoms with Crippen LogP contribution in [0.4, 0.5) is 24.0 Å². The molecule has 0 radical (unpaired) electrons. The van der Waals surface area contributed by atoms with Gasteiger partial charge < -0.3 is 4.90 Å². The van der Waals surface area contributed by atoms with Gasteiger partial charge in [0.25, 0.3) is 5.69 Å². The predicted octanol–water partition coefficient (Wildman–Crippen LogP) is 2.58. The molecule has 0 bridgehead atoms. The van der Waals surface area contributed by atoms with Crippen molar-refractivity contribution >= 4 is 32.2 Å². The van der Waals surface area contributed by atoms with Crippen LogP contribution in [-0.2, 0) is 16.2 Å². The van der Waals surface area contributed by atoms with Crippen molar-refractivity contribution in [1.29, 1.82) is 0 Å². The standard InChI is InChI=1S/C14H13F3N4O4S2/c15-14(16,17)12-9-18-13(26-12)19-4-6-20(7-5-19)27(24,25)11-3-1-2-10(8-11)21(22)23/h1-3,8-9H,4-7H2. The highest BCUT2D eigenvalue weighted by Crippen LogP contribution is 2.36. The van der Waals surface area contributed by atoms with Gasteiger partial charge in [0.05, 0.1) is 16.0 Å². The average Bonchev–Trinajstić information content (AvgIpc) is 3.12. The Morgan fingerprint density at radius 2 is 1.85 bits per heavy atom. The van der Waals surface area contributed by atoms with Crippen molar-refractivity contribution in [2.75, 3.05) is 31.1 Å². The van der Waals surface area contributed by atoms with Crippen LogP contribution in [0.15, 0.2) is 35.4 Å². The molecule has 0 N–H and O–H groups in total. The Balaban J connectivity index is 1.72. The summed E-state index contributed by atoms with van der Waals surface area (Å²) in [5.41, 5.74) is -0.336. The van der Waals surface area contributed by atoms with Gasteiger partial charge in [-0.3, -0.25) is 10.1 Å². The molecule has 0 saturated carbocycles. The molecule has 1 saturated heterocycles. The van der Waals surface area contributed by atoms with E-state index >= 15 is 0 Å². The van der Waals surface area contributed by atoms with Crippen LogP contribution >= 0.6 is 11.3 Å². The Labute approximate surface area is 156 Å². The lowest BCUT2D eigenvalue weighted by Crippen LogP contribution is -2.48. The van der Waals surface area contributed by atoms with E-state index in [0.29, 0.717) is 11.3 Å². The lowest BCUT2D eigenvalue weighted by Gasteiger charge is -2.33. The fraction of sp³-hybridized carbons (Fsp3) is 0.357. The number of sulfonamides is 1. The van der Waals surface area contributed by atoms with Crippen LogP contribution in [0.25, 0.3) is 0 Å². The number of hydrogen-bond donors (Lipinski definition) is 0. The Morgan fingerprint density at radius 1 is 1.19 bits per heavy atom. The van der Waals surface area contributed by atoms with Crippen molar-refractivity contribution < 1.29 is 26.5 Å². The fourth-order valence-corrected chi connectivity index (χ4v) is 4.87. The molecule has 2 aromatic rings. The summed E-state index contributed by atoms with van der Waals surface area (Å²) in [4.78, 5) is 14.5. The molecular formula is C14H13F3N4O4S2. The molecule has 0 aliphatic carbocycles. The van der Waals surface area contributed by atoms with Crippen LogP contribution in [0.1, 0.15) is 4.88 Å². The minimum atomic E-state index is -4.47.